The van der Waals surface area contributed by atoms with Crippen LogP contribution in [0.2, 0.25) is 0 Å². The lowest BCUT2D eigenvalue weighted by Crippen LogP contribution is -2.17. The molecule has 0 saturated carbocycles. The summed E-state index contributed by atoms with van der Waals surface area (Å²) in [4.78, 5) is 27.1. The Morgan fingerprint density at radius 2 is 1.97 bits per heavy atom. The van der Waals surface area contributed by atoms with Crippen LogP contribution in [0.1, 0.15) is 0 Å². The summed E-state index contributed by atoms with van der Waals surface area (Å²) in [5.74, 6) is 1.71. The van der Waals surface area contributed by atoms with Crippen molar-refractivity contribution in [3.63, 3.8) is 0 Å². The van der Waals surface area contributed by atoms with Crippen molar-refractivity contribution in [3.8, 4) is 28.5 Å². The molecule has 2 aromatic carbocycles. The van der Waals surface area contributed by atoms with Gasteiger partial charge in [-0.25, -0.2) is 0 Å². The number of amides is 1. The second-order valence-corrected chi connectivity index (χ2v) is 6.91. The van der Waals surface area contributed by atoms with Crippen molar-refractivity contribution in [2.24, 2.45) is 0 Å². The van der Waals surface area contributed by atoms with E-state index in [2.05, 4.69) is 20.5 Å². The van der Waals surface area contributed by atoms with Crippen molar-refractivity contribution >= 4 is 23.4 Å². The Labute approximate surface area is 169 Å². The first-order valence-corrected chi connectivity index (χ1v) is 9.54. The molecule has 0 fully saturated rings. The zero-order valence-electron chi connectivity index (χ0n) is 15.3. The van der Waals surface area contributed by atoms with Crippen LogP contribution in [-0.4, -0.2) is 40.7 Å². The molecule has 29 heavy (non-hydrogen) atoms. The molecule has 0 saturated heterocycles. The van der Waals surface area contributed by atoms with Crippen LogP contribution >= 0.6 is 11.8 Å². The highest BCUT2D eigenvalue weighted by Crippen LogP contribution is 2.34. The van der Waals surface area contributed by atoms with Crippen LogP contribution in [0.5, 0.6) is 17.2 Å². The lowest BCUT2D eigenvalue weighted by atomic mass is 10.1. The first-order chi connectivity index (χ1) is 14.1. The summed E-state index contributed by atoms with van der Waals surface area (Å²) in [5, 5.41) is 11.0. The van der Waals surface area contributed by atoms with Crippen LogP contribution in [0.25, 0.3) is 11.3 Å². The third-order valence-electron chi connectivity index (χ3n) is 4.04. The van der Waals surface area contributed by atoms with Gasteiger partial charge in [-0.1, -0.05) is 11.8 Å². The molecule has 2 heterocycles. The molecule has 2 N–H and O–H groups in total. The van der Waals surface area contributed by atoms with E-state index in [0.717, 1.165) is 11.8 Å². The minimum atomic E-state index is -0.385. The maximum absolute atomic E-state index is 12.3. The fourth-order valence-corrected chi connectivity index (χ4v) is 3.23. The normalized spacial score (nSPS) is 11.9. The number of thioether (sulfide) groups is 1. The van der Waals surface area contributed by atoms with Gasteiger partial charge in [0.15, 0.2) is 22.3 Å². The van der Waals surface area contributed by atoms with E-state index in [1.165, 1.54) is 0 Å². The van der Waals surface area contributed by atoms with E-state index in [0.29, 0.717) is 28.5 Å². The Kier molecular flexibility index (Phi) is 5.34. The van der Waals surface area contributed by atoms with E-state index in [4.69, 9.17) is 14.2 Å². The van der Waals surface area contributed by atoms with E-state index in [9.17, 15) is 9.59 Å². The molecule has 3 aromatic rings. The number of methoxy groups -OCH3 is 1. The Morgan fingerprint density at radius 1 is 1.17 bits per heavy atom. The molecule has 1 amide bonds. The van der Waals surface area contributed by atoms with Crippen molar-refractivity contribution in [3.05, 3.63) is 52.8 Å². The summed E-state index contributed by atoms with van der Waals surface area (Å²) >= 11 is 1.08. The molecule has 0 atom stereocenters. The van der Waals surface area contributed by atoms with Gasteiger partial charge >= 0.3 is 0 Å². The number of aromatic amines is 1. The van der Waals surface area contributed by atoms with Crippen LogP contribution in [0.4, 0.5) is 5.69 Å². The molecular formula is C19H16N4O5S. The lowest BCUT2D eigenvalue weighted by molar-refractivity contribution is -0.113. The molecule has 0 bridgehead atoms. The van der Waals surface area contributed by atoms with Gasteiger partial charge in [-0.2, -0.15) is 0 Å². The highest BCUT2D eigenvalue weighted by atomic mass is 32.2. The number of ether oxygens (including phenoxy) is 3. The van der Waals surface area contributed by atoms with Crippen molar-refractivity contribution < 1.29 is 19.0 Å². The molecule has 4 rings (SSSR count). The fourth-order valence-electron chi connectivity index (χ4n) is 2.63. The van der Waals surface area contributed by atoms with Crippen molar-refractivity contribution in [1.82, 2.24) is 15.2 Å². The second-order valence-electron chi connectivity index (χ2n) is 5.94. The number of hydrogen-bond donors (Lipinski definition) is 2. The number of rotatable bonds is 6. The number of carbonyl (C=O) groups excluding carboxylic acids is 1. The van der Waals surface area contributed by atoms with Gasteiger partial charge in [0.05, 0.1) is 12.9 Å². The highest BCUT2D eigenvalue weighted by molar-refractivity contribution is 7.99. The number of fused-ring (bicyclic) bond motifs is 1. The van der Waals surface area contributed by atoms with Crippen LogP contribution < -0.4 is 25.1 Å². The number of carbonyl (C=O) groups is 1. The van der Waals surface area contributed by atoms with E-state index in [1.807, 2.05) is 0 Å². The Balaban J connectivity index is 1.37. The number of H-pyrrole nitrogens is 1. The fraction of sp³-hybridized carbons (Fsp3) is 0.158. The molecule has 0 aliphatic carbocycles. The minimum absolute atomic E-state index is 0.0565. The number of nitrogens with zero attached hydrogens (tertiary/aromatic N) is 2. The molecule has 9 nitrogen and oxygen atoms in total. The average Bonchev–Trinajstić information content (AvgIpc) is 3.20. The van der Waals surface area contributed by atoms with Crippen LogP contribution in [0.15, 0.2) is 52.4 Å². The standard InChI is InChI=1S/C19H16N4O5S/c1-26-13-5-2-11(3-6-13)17-18(25)21-19(23-22-17)29-9-16(24)20-12-4-7-14-15(8-12)28-10-27-14/h2-8H,9-10H2,1H3,(H,20,24)(H,21,23,25). The van der Waals surface area contributed by atoms with Gasteiger partial charge in [0, 0.05) is 17.3 Å². The minimum Gasteiger partial charge on any atom is -0.497 e. The summed E-state index contributed by atoms with van der Waals surface area (Å²) in [6.07, 6.45) is 0. The van der Waals surface area contributed by atoms with E-state index < -0.39 is 0 Å². The maximum Gasteiger partial charge on any atom is 0.278 e. The smallest absolute Gasteiger partial charge is 0.278 e. The predicted octanol–water partition coefficient (Wildman–Crippen LogP) is 2.30. The molecule has 10 heteroatoms. The van der Waals surface area contributed by atoms with Crippen LogP contribution in [-0.2, 0) is 4.79 Å². The van der Waals surface area contributed by atoms with Crippen molar-refractivity contribution in [2.45, 2.75) is 5.16 Å². The Morgan fingerprint density at radius 3 is 2.72 bits per heavy atom. The first kappa shape index (κ1) is 18.8. The van der Waals surface area contributed by atoms with Gasteiger partial charge in [-0.05, 0) is 36.4 Å². The maximum atomic E-state index is 12.3. The first-order valence-electron chi connectivity index (χ1n) is 8.56. The van der Waals surface area contributed by atoms with Crippen molar-refractivity contribution in [1.29, 1.82) is 0 Å². The summed E-state index contributed by atoms with van der Waals surface area (Å²) in [6.45, 7) is 0.168. The SMILES string of the molecule is COc1ccc(-c2nnc(SCC(=O)Nc3ccc4c(c3)OCO4)[nH]c2=O)cc1. The van der Waals surface area contributed by atoms with Gasteiger partial charge < -0.3 is 19.5 Å². The molecule has 1 aromatic heterocycles. The Bertz CT molecular complexity index is 1100. The summed E-state index contributed by atoms with van der Waals surface area (Å²) in [6, 6.07) is 12.1. The third-order valence-corrected chi connectivity index (χ3v) is 4.90. The average molecular weight is 412 g/mol. The molecular weight excluding hydrogens is 396 g/mol. The van der Waals surface area contributed by atoms with E-state index in [-0.39, 0.29) is 34.9 Å². The molecule has 0 radical (unpaired) electrons. The topological polar surface area (TPSA) is 115 Å². The predicted molar refractivity (Wildman–Crippen MR) is 107 cm³/mol. The molecule has 0 unspecified atom stereocenters. The van der Waals surface area contributed by atoms with E-state index in [1.54, 1.807) is 49.6 Å². The number of aromatic nitrogens is 3. The third kappa shape index (κ3) is 4.32. The van der Waals surface area contributed by atoms with Gasteiger partial charge in [-0.15, -0.1) is 10.2 Å². The number of benzene rings is 2. The number of anilines is 1. The van der Waals surface area contributed by atoms with Gasteiger partial charge in [0.1, 0.15) is 5.75 Å². The van der Waals surface area contributed by atoms with Crippen LogP contribution in [0, 0.1) is 0 Å². The highest BCUT2D eigenvalue weighted by Gasteiger charge is 2.15. The zero-order valence-corrected chi connectivity index (χ0v) is 16.1. The Hall–Kier alpha value is -3.53. The van der Waals surface area contributed by atoms with Crippen molar-refractivity contribution in [2.75, 3.05) is 25.0 Å². The molecule has 0 spiro atoms. The quantitative estimate of drug-likeness (QED) is 0.593. The van der Waals surface area contributed by atoms with Crippen LogP contribution in [0.3, 0.4) is 0 Å². The summed E-state index contributed by atoms with van der Waals surface area (Å²) in [7, 11) is 1.57. The van der Waals surface area contributed by atoms with E-state index >= 15 is 0 Å². The largest absolute Gasteiger partial charge is 0.497 e. The summed E-state index contributed by atoms with van der Waals surface area (Å²) in [5.41, 5.74) is 1.02. The lowest BCUT2D eigenvalue weighted by Gasteiger charge is -2.06. The molecule has 1 aliphatic heterocycles. The zero-order chi connectivity index (χ0) is 20.2. The molecule has 1 aliphatic rings. The van der Waals surface area contributed by atoms with Gasteiger partial charge in [0.25, 0.3) is 5.56 Å². The summed E-state index contributed by atoms with van der Waals surface area (Å²) < 4.78 is 15.6. The monoisotopic (exact) mass is 412 g/mol. The molecule has 148 valence electrons. The number of nitrogens with one attached hydrogen (secondary N) is 2. The van der Waals surface area contributed by atoms with Gasteiger partial charge in [0.2, 0.25) is 12.7 Å². The number of hydrogen-bond acceptors (Lipinski definition) is 8. The van der Waals surface area contributed by atoms with Gasteiger partial charge in [-0.3, -0.25) is 14.6 Å². The second kappa shape index (κ2) is 8.23.